The number of nitrogens with two attached hydrogens (primary N) is 1. The molecule has 0 fully saturated rings. The van der Waals surface area contributed by atoms with Gasteiger partial charge in [0.1, 0.15) is 5.82 Å². The molecule has 1 heterocycles. The average molecular weight is 363 g/mol. The number of hydrogen-bond acceptors (Lipinski definition) is 5. The number of thioether (sulfide) groups is 1. The predicted octanol–water partition coefficient (Wildman–Crippen LogP) is 1.95. The van der Waals surface area contributed by atoms with Gasteiger partial charge in [-0.25, -0.2) is 9.07 Å². The quantitative estimate of drug-likeness (QED) is 0.482. The van der Waals surface area contributed by atoms with Gasteiger partial charge in [-0.2, -0.15) is 13.2 Å². The normalized spacial score (nSPS) is 12.9. The van der Waals surface area contributed by atoms with Crippen LogP contribution in [0.25, 0.3) is 0 Å². The molecule has 0 bridgehead atoms. The van der Waals surface area contributed by atoms with Gasteiger partial charge >= 0.3 is 6.18 Å². The fourth-order valence-electron chi connectivity index (χ4n) is 1.70. The van der Waals surface area contributed by atoms with Gasteiger partial charge in [0.05, 0.1) is 5.25 Å². The zero-order chi connectivity index (χ0) is 17.9. The topological polar surface area (TPSA) is 85.8 Å². The lowest BCUT2D eigenvalue weighted by Crippen LogP contribution is -2.31. The molecule has 0 saturated carbocycles. The second-order valence-electron chi connectivity index (χ2n) is 4.78. The Hall–Kier alpha value is -2.30. The van der Waals surface area contributed by atoms with Gasteiger partial charge in [-0.05, 0) is 24.6 Å². The van der Waals surface area contributed by atoms with E-state index in [0.717, 1.165) is 11.8 Å². The van der Waals surface area contributed by atoms with Crippen LogP contribution >= 0.6 is 11.8 Å². The molecule has 24 heavy (non-hydrogen) atoms. The van der Waals surface area contributed by atoms with Crippen molar-refractivity contribution >= 4 is 17.7 Å². The standard InChI is InChI=1S/C13H13F4N5OS/c1-7(10(23)19-6-8-2-4-9(14)5-3-8)24-12-21-20-11(22(12)18)13(15,16)17/h2-5,7H,6,18H2,1H3,(H,19,23). The summed E-state index contributed by atoms with van der Waals surface area (Å²) in [6.45, 7) is 1.65. The van der Waals surface area contributed by atoms with Crippen molar-refractivity contribution in [1.82, 2.24) is 20.2 Å². The largest absolute Gasteiger partial charge is 0.453 e. The lowest BCUT2D eigenvalue weighted by molar-refractivity contribution is -0.146. The van der Waals surface area contributed by atoms with Crippen molar-refractivity contribution in [3.8, 4) is 0 Å². The molecule has 0 aliphatic carbocycles. The van der Waals surface area contributed by atoms with E-state index in [0.29, 0.717) is 10.2 Å². The first kappa shape index (κ1) is 18.0. The Bertz CT molecular complexity index is 716. The van der Waals surface area contributed by atoms with Crippen molar-refractivity contribution in [3.63, 3.8) is 0 Å². The number of rotatable bonds is 5. The summed E-state index contributed by atoms with van der Waals surface area (Å²) < 4.78 is 50.8. The maximum absolute atomic E-state index is 12.8. The number of nitrogen functional groups attached to an aromatic ring is 1. The van der Waals surface area contributed by atoms with Crippen LogP contribution in [-0.4, -0.2) is 26.0 Å². The summed E-state index contributed by atoms with van der Waals surface area (Å²) in [6, 6.07) is 5.55. The van der Waals surface area contributed by atoms with Gasteiger partial charge in [0.15, 0.2) is 0 Å². The number of amides is 1. The summed E-state index contributed by atoms with van der Waals surface area (Å²) in [6.07, 6.45) is -4.73. The lowest BCUT2D eigenvalue weighted by atomic mass is 10.2. The maximum atomic E-state index is 12.8. The fraction of sp³-hybridized carbons (Fsp3) is 0.308. The molecule has 2 aromatic rings. The summed E-state index contributed by atoms with van der Waals surface area (Å²) in [7, 11) is 0. The van der Waals surface area contributed by atoms with E-state index in [1.807, 2.05) is 0 Å². The Kier molecular flexibility index (Phi) is 5.32. The third-order valence-corrected chi connectivity index (χ3v) is 4.01. The number of carbonyl (C=O) groups excluding carboxylic acids is 1. The van der Waals surface area contributed by atoms with E-state index in [9.17, 15) is 22.4 Å². The Labute approximate surface area is 138 Å². The van der Waals surface area contributed by atoms with Gasteiger partial charge in [-0.1, -0.05) is 23.9 Å². The molecule has 3 N–H and O–H groups in total. The number of nitrogens with one attached hydrogen (secondary N) is 1. The number of aromatic nitrogens is 3. The van der Waals surface area contributed by atoms with Crippen LogP contribution in [-0.2, 0) is 17.5 Å². The summed E-state index contributed by atoms with van der Waals surface area (Å²) in [5, 5.41) is 7.93. The van der Waals surface area contributed by atoms with Gasteiger partial charge < -0.3 is 11.2 Å². The maximum Gasteiger partial charge on any atom is 0.453 e. The summed E-state index contributed by atoms with van der Waals surface area (Å²) in [5.41, 5.74) is 0.684. The molecule has 0 aliphatic rings. The molecule has 1 amide bonds. The first-order valence-electron chi connectivity index (χ1n) is 6.65. The number of benzene rings is 1. The summed E-state index contributed by atoms with van der Waals surface area (Å²) in [5.74, 6) is 3.14. The SMILES string of the molecule is CC(Sc1nnc(C(F)(F)F)n1N)C(=O)NCc1ccc(F)cc1. The summed E-state index contributed by atoms with van der Waals surface area (Å²) in [4.78, 5) is 12.0. The van der Waals surface area contributed by atoms with Gasteiger partial charge in [0.25, 0.3) is 5.82 Å². The van der Waals surface area contributed by atoms with Crippen LogP contribution < -0.4 is 11.2 Å². The smallest absolute Gasteiger partial charge is 0.351 e. The minimum atomic E-state index is -4.73. The highest BCUT2D eigenvalue weighted by molar-refractivity contribution is 8.00. The first-order chi connectivity index (χ1) is 11.2. The van der Waals surface area contributed by atoms with Crippen molar-refractivity contribution < 1.29 is 22.4 Å². The molecular weight excluding hydrogens is 350 g/mol. The molecule has 130 valence electrons. The Morgan fingerprint density at radius 1 is 1.33 bits per heavy atom. The second-order valence-corrected chi connectivity index (χ2v) is 6.09. The van der Waals surface area contributed by atoms with E-state index in [-0.39, 0.29) is 11.7 Å². The molecule has 0 saturated heterocycles. The predicted molar refractivity (Wildman–Crippen MR) is 78.7 cm³/mol. The van der Waals surface area contributed by atoms with Crippen molar-refractivity contribution in [3.05, 3.63) is 41.5 Å². The van der Waals surface area contributed by atoms with Crippen LogP contribution in [0.3, 0.4) is 0 Å². The van der Waals surface area contributed by atoms with Gasteiger partial charge in [0, 0.05) is 6.54 Å². The molecule has 1 atom stereocenters. The molecule has 6 nitrogen and oxygen atoms in total. The third-order valence-electron chi connectivity index (χ3n) is 2.95. The molecule has 0 spiro atoms. The number of carbonyl (C=O) groups is 1. The van der Waals surface area contributed by atoms with Crippen molar-refractivity contribution in [2.75, 3.05) is 5.84 Å². The van der Waals surface area contributed by atoms with Crippen molar-refractivity contribution in [2.24, 2.45) is 0 Å². The second kappa shape index (κ2) is 7.07. The highest BCUT2D eigenvalue weighted by Gasteiger charge is 2.38. The van der Waals surface area contributed by atoms with E-state index in [1.54, 1.807) is 0 Å². The Morgan fingerprint density at radius 2 is 1.96 bits per heavy atom. The minimum absolute atomic E-state index is 0.160. The van der Waals surface area contributed by atoms with Gasteiger partial charge in [-0.15, -0.1) is 10.2 Å². The molecule has 11 heteroatoms. The highest BCUT2D eigenvalue weighted by Crippen LogP contribution is 2.30. The molecule has 1 aromatic heterocycles. The van der Waals surface area contributed by atoms with Crippen LogP contribution in [0.15, 0.2) is 29.4 Å². The van der Waals surface area contributed by atoms with Gasteiger partial charge in [0.2, 0.25) is 11.1 Å². The van der Waals surface area contributed by atoms with Crippen molar-refractivity contribution in [2.45, 2.75) is 30.1 Å². The van der Waals surface area contributed by atoms with Crippen LogP contribution in [0, 0.1) is 5.82 Å². The van der Waals surface area contributed by atoms with E-state index in [1.165, 1.54) is 31.2 Å². The monoisotopic (exact) mass is 363 g/mol. The first-order valence-corrected chi connectivity index (χ1v) is 7.53. The number of hydrogen-bond donors (Lipinski definition) is 2. The van der Waals surface area contributed by atoms with Crippen LogP contribution in [0.5, 0.6) is 0 Å². The average Bonchev–Trinajstić information content (AvgIpc) is 2.87. The highest BCUT2D eigenvalue weighted by atomic mass is 32.2. The zero-order valence-electron chi connectivity index (χ0n) is 12.3. The number of alkyl halides is 3. The minimum Gasteiger partial charge on any atom is -0.351 e. The number of halogens is 4. The Balaban J connectivity index is 1.94. The molecular formula is C13H13F4N5OS. The molecule has 1 aromatic carbocycles. The molecule has 1 unspecified atom stereocenters. The summed E-state index contributed by atoms with van der Waals surface area (Å²) >= 11 is 0.745. The van der Waals surface area contributed by atoms with E-state index < -0.39 is 29.0 Å². The van der Waals surface area contributed by atoms with E-state index in [4.69, 9.17) is 5.84 Å². The van der Waals surface area contributed by atoms with Crippen molar-refractivity contribution in [1.29, 1.82) is 0 Å². The Morgan fingerprint density at radius 3 is 2.50 bits per heavy atom. The fourth-order valence-corrected chi connectivity index (χ4v) is 2.49. The van der Waals surface area contributed by atoms with E-state index in [2.05, 4.69) is 15.5 Å². The van der Waals surface area contributed by atoms with Gasteiger partial charge in [-0.3, -0.25) is 4.79 Å². The van der Waals surface area contributed by atoms with Crippen LogP contribution in [0.4, 0.5) is 17.6 Å². The third kappa shape index (κ3) is 4.37. The lowest BCUT2D eigenvalue weighted by Gasteiger charge is -2.12. The van der Waals surface area contributed by atoms with E-state index >= 15 is 0 Å². The molecule has 0 radical (unpaired) electrons. The molecule has 0 aliphatic heterocycles. The van der Waals surface area contributed by atoms with Crippen LogP contribution in [0.1, 0.15) is 18.3 Å². The number of nitrogens with zero attached hydrogens (tertiary/aromatic N) is 3. The zero-order valence-corrected chi connectivity index (χ0v) is 13.2. The molecule has 2 rings (SSSR count). The van der Waals surface area contributed by atoms with Crippen LogP contribution in [0.2, 0.25) is 0 Å².